The number of imide groups is 1. The minimum absolute atomic E-state index is 0.158. The first-order valence-corrected chi connectivity index (χ1v) is 13.4. The van der Waals surface area contributed by atoms with Crippen LogP contribution in [0.2, 0.25) is 0 Å². The van der Waals surface area contributed by atoms with E-state index in [1.165, 1.54) is 17.5 Å². The first-order chi connectivity index (χ1) is 17.4. The van der Waals surface area contributed by atoms with E-state index < -0.39 is 11.6 Å². The van der Waals surface area contributed by atoms with Crippen LogP contribution in [0.4, 0.5) is 15.3 Å². The van der Waals surface area contributed by atoms with E-state index in [9.17, 15) is 19.2 Å². The fourth-order valence-electron chi connectivity index (χ4n) is 6.00. The number of nitrogens with zero attached hydrogens (tertiary/aromatic N) is 2. The number of thiophene rings is 1. The van der Waals surface area contributed by atoms with E-state index in [0.29, 0.717) is 31.0 Å². The molecule has 2 fully saturated rings. The zero-order valence-corrected chi connectivity index (χ0v) is 21.0. The second-order valence-electron chi connectivity index (χ2n) is 10.1. The summed E-state index contributed by atoms with van der Waals surface area (Å²) >= 11 is 1.67. The summed E-state index contributed by atoms with van der Waals surface area (Å²) in [7, 11) is 1.54. The number of amides is 6. The average Bonchev–Trinajstić information content (AvgIpc) is 3.50. The maximum atomic E-state index is 13.7. The van der Waals surface area contributed by atoms with E-state index in [1.54, 1.807) is 23.5 Å². The van der Waals surface area contributed by atoms with Crippen LogP contribution in [0.3, 0.4) is 0 Å². The van der Waals surface area contributed by atoms with Crippen molar-refractivity contribution >= 4 is 40.9 Å². The van der Waals surface area contributed by atoms with Crippen molar-refractivity contribution in [2.45, 2.75) is 56.7 Å². The molecule has 0 bridgehead atoms. The Morgan fingerprint density at radius 3 is 2.75 bits per heavy atom. The molecule has 1 aromatic carbocycles. The number of carbonyl (C=O) groups is 4. The van der Waals surface area contributed by atoms with E-state index >= 15 is 0 Å². The third kappa shape index (κ3) is 3.75. The summed E-state index contributed by atoms with van der Waals surface area (Å²) < 4.78 is 0. The van der Waals surface area contributed by atoms with Crippen LogP contribution in [0.1, 0.15) is 47.3 Å². The highest BCUT2D eigenvalue weighted by molar-refractivity contribution is 7.10. The molecule has 2 aromatic rings. The number of aryl methyl sites for hydroxylation is 2. The first-order valence-electron chi connectivity index (χ1n) is 12.5. The molecule has 10 heteroatoms. The van der Waals surface area contributed by atoms with Crippen molar-refractivity contribution < 1.29 is 19.2 Å². The molecule has 2 atom stereocenters. The number of rotatable bonds is 4. The van der Waals surface area contributed by atoms with Gasteiger partial charge in [-0.05, 0) is 84.7 Å². The quantitative estimate of drug-likeness (QED) is 0.553. The van der Waals surface area contributed by atoms with Crippen LogP contribution in [-0.2, 0) is 34.5 Å². The molecule has 0 radical (unpaired) electrons. The number of urea groups is 2. The Morgan fingerprint density at radius 1 is 1.14 bits per heavy atom. The third-order valence-corrected chi connectivity index (χ3v) is 8.98. The normalized spacial score (nSPS) is 24.9. The lowest BCUT2D eigenvalue weighted by Crippen LogP contribution is -2.48. The van der Waals surface area contributed by atoms with Gasteiger partial charge in [0.05, 0.1) is 6.54 Å². The maximum Gasteiger partial charge on any atom is 0.325 e. The molecular formula is C26H29N5O4S. The first kappa shape index (κ1) is 23.0. The van der Waals surface area contributed by atoms with Gasteiger partial charge in [-0.3, -0.25) is 14.5 Å². The Labute approximate surface area is 213 Å². The van der Waals surface area contributed by atoms with E-state index in [2.05, 4.69) is 27.4 Å². The minimum atomic E-state index is -1.16. The molecule has 1 aromatic heterocycles. The van der Waals surface area contributed by atoms with Crippen molar-refractivity contribution in [2.24, 2.45) is 5.92 Å². The summed E-state index contributed by atoms with van der Waals surface area (Å²) in [5, 5.41) is 10.2. The summed E-state index contributed by atoms with van der Waals surface area (Å²) in [6.07, 6.45) is 5.15. The summed E-state index contributed by atoms with van der Waals surface area (Å²) in [6, 6.07) is 6.80. The van der Waals surface area contributed by atoms with Crippen LogP contribution in [-0.4, -0.2) is 53.3 Å². The summed E-state index contributed by atoms with van der Waals surface area (Å²) in [4.78, 5) is 56.2. The van der Waals surface area contributed by atoms with Crippen molar-refractivity contribution in [3.05, 3.63) is 51.2 Å². The Kier molecular flexibility index (Phi) is 5.51. The molecule has 2 aliphatic heterocycles. The Balaban J connectivity index is 1.22. The molecule has 2 aliphatic carbocycles. The summed E-state index contributed by atoms with van der Waals surface area (Å²) in [6.45, 7) is 0.299. The molecule has 1 saturated heterocycles. The van der Waals surface area contributed by atoms with Crippen LogP contribution in [0.15, 0.2) is 29.6 Å². The molecule has 3 N–H and O–H groups in total. The van der Waals surface area contributed by atoms with Gasteiger partial charge in [0.15, 0.2) is 0 Å². The van der Waals surface area contributed by atoms with Crippen molar-refractivity contribution in [1.29, 1.82) is 0 Å². The van der Waals surface area contributed by atoms with Crippen molar-refractivity contribution in [2.75, 3.05) is 18.9 Å². The highest BCUT2D eigenvalue weighted by Gasteiger charge is 2.56. The number of nitrogens with one attached hydrogen (secondary N) is 3. The lowest BCUT2D eigenvalue weighted by atomic mass is 9.91. The maximum absolute atomic E-state index is 13.7. The lowest BCUT2D eigenvalue weighted by molar-refractivity contribution is -0.141. The summed E-state index contributed by atoms with van der Waals surface area (Å²) in [5.41, 5.74) is 2.40. The highest BCUT2D eigenvalue weighted by atomic mass is 32.1. The Hall–Kier alpha value is -3.40. The fraction of sp³-hybridized carbons (Fsp3) is 0.462. The van der Waals surface area contributed by atoms with E-state index in [1.807, 2.05) is 11.0 Å². The van der Waals surface area contributed by atoms with E-state index in [-0.39, 0.29) is 30.4 Å². The molecule has 6 amide bonds. The molecule has 36 heavy (non-hydrogen) atoms. The van der Waals surface area contributed by atoms with E-state index in [4.69, 9.17) is 0 Å². The number of hydrogen-bond acceptors (Lipinski definition) is 5. The highest BCUT2D eigenvalue weighted by Crippen LogP contribution is 2.43. The van der Waals surface area contributed by atoms with Gasteiger partial charge in [0.25, 0.3) is 5.91 Å². The van der Waals surface area contributed by atoms with Gasteiger partial charge in [0, 0.05) is 23.7 Å². The van der Waals surface area contributed by atoms with Gasteiger partial charge in [-0.1, -0.05) is 6.07 Å². The number of carbonyl (C=O) groups excluding carboxylic acids is 4. The Bertz CT molecular complexity index is 1270. The van der Waals surface area contributed by atoms with Gasteiger partial charge in [0.2, 0.25) is 5.91 Å². The second kappa shape index (κ2) is 8.62. The second-order valence-corrected chi connectivity index (χ2v) is 11.1. The van der Waals surface area contributed by atoms with Crippen LogP contribution >= 0.6 is 11.3 Å². The van der Waals surface area contributed by atoms with E-state index in [0.717, 1.165) is 41.7 Å². The minimum Gasteiger partial charge on any atom is -0.341 e. The van der Waals surface area contributed by atoms with Gasteiger partial charge in [0.1, 0.15) is 12.1 Å². The van der Waals surface area contributed by atoms with Crippen molar-refractivity contribution in [3.8, 4) is 0 Å². The van der Waals surface area contributed by atoms with Gasteiger partial charge in [-0.15, -0.1) is 11.3 Å². The molecule has 4 aliphatic rings. The molecule has 6 rings (SSSR count). The SMILES string of the molecule is CNC(=O)Nc1ccc2c(c1)CC[C@@]21NC(=O)N(CC(=O)N2Cc3sccc3CC[C@H]2C2CC2)C1=O. The number of fused-ring (bicyclic) bond motifs is 3. The fourth-order valence-corrected chi connectivity index (χ4v) is 6.93. The molecule has 9 nitrogen and oxygen atoms in total. The monoisotopic (exact) mass is 507 g/mol. The zero-order valence-electron chi connectivity index (χ0n) is 20.1. The van der Waals surface area contributed by atoms with Gasteiger partial charge >= 0.3 is 12.1 Å². The van der Waals surface area contributed by atoms with Crippen LogP contribution < -0.4 is 16.0 Å². The average molecular weight is 508 g/mol. The number of benzene rings is 1. The molecule has 1 saturated carbocycles. The number of hydrogen-bond donors (Lipinski definition) is 3. The van der Waals surface area contributed by atoms with Crippen LogP contribution in [0.5, 0.6) is 0 Å². The van der Waals surface area contributed by atoms with Crippen LogP contribution in [0.25, 0.3) is 0 Å². The topological polar surface area (TPSA) is 111 Å². The zero-order chi connectivity index (χ0) is 25.0. The van der Waals surface area contributed by atoms with Crippen LogP contribution in [0, 0.1) is 5.92 Å². The molecule has 3 heterocycles. The van der Waals surface area contributed by atoms with Gasteiger partial charge in [-0.25, -0.2) is 9.59 Å². The largest absolute Gasteiger partial charge is 0.341 e. The Morgan fingerprint density at radius 2 is 1.97 bits per heavy atom. The summed E-state index contributed by atoms with van der Waals surface area (Å²) in [5.74, 6) is -0.0324. The molecule has 188 valence electrons. The van der Waals surface area contributed by atoms with Crippen molar-refractivity contribution in [3.63, 3.8) is 0 Å². The lowest BCUT2D eigenvalue weighted by Gasteiger charge is -2.31. The molecular weight excluding hydrogens is 478 g/mol. The molecule has 1 spiro atoms. The predicted octanol–water partition coefficient (Wildman–Crippen LogP) is 2.95. The number of anilines is 1. The molecule has 0 unspecified atom stereocenters. The van der Waals surface area contributed by atoms with Gasteiger partial charge in [-0.2, -0.15) is 0 Å². The predicted molar refractivity (Wildman–Crippen MR) is 134 cm³/mol. The smallest absolute Gasteiger partial charge is 0.325 e. The third-order valence-electron chi connectivity index (χ3n) is 8.04. The van der Waals surface area contributed by atoms with Crippen molar-refractivity contribution in [1.82, 2.24) is 20.4 Å². The van der Waals surface area contributed by atoms with Gasteiger partial charge < -0.3 is 20.9 Å². The standard InChI is InChI=1S/C26H29N5O4S/c1-27-24(34)28-18-5-6-19-17(12-18)8-10-26(19)23(33)31(25(35)29-26)14-22(32)30-13-21-16(9-11-36-21)4-7-20(30)15-2-3-15/h5-6,9,11-12,15,20H,2-4,7-8,10,13-14H2,1H3,(H,29,35)(H2,27,28,34)/t20-,26+/m0/s1.